The first-order valence-corrected chi connectivity index (χ1v) is 8.78. The van der Waals surface area contributed by atoms with Gasteiger partial charge in [-0.15, -0.1) is 0 Å². The number of pyridine rings is 1. The van der Waals surface area contributed by atoms with Crippen molar-refractivity contribution in [1.29, 1.82) is 0 Å². The zero-order chi connectivity index (χ0) is 18.1. The van der Waals surface area contributed by atoms with Crippen molar-refractivity contribution in [3.8, 4) is 11.3 Å². The summed E-state index contributed by atoms with van der Waals surface area (Å²) in [6.45, 7) is 3.91. The van der Waals surface area contributed by atoms with Crippen LogP contribution < -0.4 is 0 Å². The summed E-state index contributed by atoms with van der Waals surface area (Å²) in [5, 5.41) is 1.87. The van der Waals surface area contributed by atoms with Crippen molar-refractivity contribution >= 4 is 51.7 Å². The predicted molar refractivity (Wildman–Crippen MR) is 103 cm³/mol. The molecule has 0 aliphatic carbocycles. The maximum Gasteiger partial charge on any atom is 0.341 e. The van der Waals surface area contributed by atoms with Crippen molar-refractivity contribution in [3.63, 3.8) is 0 Å². The van der Waals surface area contributed by atoms with E-state index >= 15 is 0 Å². The fourth-order valence-electron chi connectivity index (χ4n) is 2.60. The van der Waals surface area contributed by atoms with Gasteiger partial charge in [-0.2, -0.15) is 0 Å². The van der Waals surface area contributed by atoms with Gasteiger partial charge in [0.25, 0.3) is 0 Å². The zero-order valence-corrected chi connectivity index (χ0v) is 15.8. The number of nitrogens with zero attached hydrogens (tertiary/aromatic N) is 1. The maximum absolute atomic E-state index is 12.6. The van der Waals surface area contributed by atoms with Gasteiger partial charge in [0.15, 0.2) is 0 Å². The van der Waals surface area contributed by atoms with Gasteiger partial charge in [-0.1, -0.05) is 46.4 Å². The van der Waals surface area contributed by atoms with E-state index in [-0.39, 0.29) is 12.2 Å². The molecule has 0 atom stereocenters. The van der Waals surface area contributed by atoms with Crippen LogP contribution in [0.3, 0.4) is 0 Å². The monoisotopic (exact) mass is 393 g/mol. The number of hydrogen-bond acceptors (Lipinski definition) is 3. The summed E-state index contributed by atoms with van der Waals surface area (Å²) in [7, 11) is 0. The topological polar surface area (TPSA) is 39.2 Å². The lowest BCUT2D eigenvalue weighted by Gasteiger charge is -2.14. The van der Waals surface area contributed by atoms with Crippen LogP contribution in [-0.2, 0) is 4.74 Å². The van der Waals surface area contributed by atoms with Gasteiger partial charge >= 0.3 is 5.97 Å². The molecule has 128 valence electrons. The number of hydrogen-bond donors (Lipinski definition) is 0. The quantitative estimate of drug-likeness (QED) is 0.486. The molecule has 1 heterocycles. The van der Waals surface area contributed by atoms with Gasteiger partial charge in [0.1, 0.15) is 5.56 Å². The van der Waals surface area contributed by atoms with Crippen LogP contribution in [0.4, 0.5) is 0 Å². The van der Waals surface area contributed by atoms with Gasteiger partial charge in [-0.3, -0.25) is 0 Å². The van der Waals surface area contributed by atoms with Crippen LogP contribution in [0.15, 0.2) is 36.4 Å². The number of rotatable bonds is 3. The predicted octanol–water partition coefficient (Wildman–Crippen LogP) is 6.35. The molecule has 0 saturated carbocycles. The minimum absolute atomic E-state index is 0.200. The van der Waals surface area contributed by atoms with Gasteiger partial charge in [0.05, 0.1) is 27.9 Å². The third kappa shape index (κ3) is 3.45. The molecule has 6 heteroatoms. The van der Waals surface area contributed by atoms with E-state index in [0.717, 1.165) is 5.56 Å². The molecule has 0 aliphatic rings. The van der Waals surface area contributed by atoms with Gasteiger partial charge in [-0.05, 0) is 44.2 Å². The summed E-state index contributed by atoms with van der Waals surface area (Å²) >= 11 is 18.9. The molecular formula is C19H14Cl3NO2. The minimum atomic E-state index is -0.538. The third-order valence-electron chi connectivity index (χ3n) is 3.74. The summed E-state index contributed by atoms with van der Waals surface area (Å²) in [6.07, 6.45) is 0. The number of esters is 1. The average Bonchev–Trinajstić information content (AvgIpc) is 2.55. The minimum Gasteiger partial charge on any atom is -0.462 e. The lowest BCUT2D eigenvalue weighted by Crippen LogP contribution is -2.09. The van der Waals surface area contributed by atoms with Crippen molar-refractivity contribution in [2.45, 2.75) is 13.8 Å². The highest BCUT2D eigenvalue weighted by atomic mass is 35.5. The Morgan fingerprint density at radius 2 is 1.88 bits per heavy atom. The van der Waals surface area contributed by atoms with Crippen LogP contribution >= 0.6 is 34.8 Å². The maximum atomic E-state index is 12.6. The molecule has 3 nitrogen and oxygen atoms in total. The molecule has 0 amide bonds. The van der Waals surface area contributed by atoms with Crippen molar-refractivity contribution < 1.29 is 9.53 Å². The number of benzene rings is 2. The summed E-state index contributed by atoms with van der Waals surface area (Å²) < 4.78 is 5.18. The van der Waals surface area contributed by atoms with E-state index < -0.39 is 5.97 Å². The lowest BCUT2D eigenvalue weighted by molar-refractivity contribution is 0.0527. The number of halogens is 3. The summed E-state index contributed by atoms with van der Waals surface area (Å²) in [4.78, 5) is 17.2. The second-order valence-corrected chi connectivity index (χ2v) is 6.74. The Hall–Kier alpha value is -1.81. The molecule has 0 N–H and O–H groups in total. The van der Waals surface area contributed by atoms with Crippen LogP contribution in [0.25, 0.3) is 22.2 Å². The number of carbonyl (C=O) groups is 1. The summed E-state index contributed by atoms with van der Waals surface area (Å²) in [5.74, 6) is -0.538. The number of aryl methyl sites for hydroxylation is 1. The van der Waals surface area contributed by atoms with E-state index in [9.17, 15) is 4.79 Å². The molecular weight excluding hydrogens is 381 g/mol. The normalized spacial score (nSPS) is 10.9. The molecule has 0 fully saturated rings. The molecule has 0 spiro atoms. The van der Waals surface area contributed by atoms with Crippen LogP contribution in [-0.4, -0.2) is 17.6 Å². The van der Waals surface area contributed by atoms with Crippen LogP contribution in [0.5, 0.6) is 0 Å². The molecule has 0 unspecified atom stereocenters. The Balaban J connectivity index is 2.37. The number of aromatic nitrogens is 1. The highest BCUT2D eigenvalue weighted by Gasteiger charge is 2.23. The van der Waals surface area contributed by atoms with E-state index in [0.29, 0.717) is 37.2 Å². The molecule has 3 rings (SSSR count). The first-order valence-electron chi connectivity index (χ1n) is 7.64. The molecule has 1 aromatic heterocycles. The molecule has 2 aromatic carbocycles. The zero-order valence-electron chi connectivity index (χ0n) is 13.6. The third-order valence-corrected chi connectivity index (χ3v) is 4.68. The molecule has 3 aromatic rings. The van der Waals surface area contributed by atoms with Crippen LogP contribution in [0.2, 0.25) is 15.1 Å². The molecule has 25 heavy (non-hydrogen) atoms. The van der Waals surface area contributed by atoms with E-state index in [4.69, 9.17) is 39.5 Å². The van der Waals surface area contributed by atoms with E-state index in [2.05, 4.69) is 4.98 Å². The van der Waals surface area contributed by atoms with Crippen molar-refractivity contribution in [3.05, 3.63) is 62.6 Å². The Bertz CT molecular complexity index is 986. The largest absolute Gasteiger partial charge is 0.462 e. The van der Waals surface area contributed by atoms with Crippen LogP contribution in [0.1, 0.15) is 22.8 Å². The number of ether oxygens (including phenoxy) is 1. The second-order valence-electron chi connectivity index (χ2n) is 5.51. The molecule has 0 radical (unpaired) electrons. The van der Waals surface area contributed by atoms with Gasteiger partial charge < -0.3 is 4.74 Å². The van der Waals surface area contributed by atoms with Gasteiger partial charge in [0.2, 0.25) is 0 Å². The molecule has 0 bridgehead atoms. The van der Waals surface area contributed by atoms with Crippen molar-refractivity contribution in [2.24, 2.45) is 0 Å². The Labute approximate surface area is 160 Å². The Morgan fingerprint density at radius 1 is 1.12 bits per heavy atom. The molecule has 0 saturated heterocycles. The van der Waals surface area contributed by atoms with Gasteiger partial charge in [-0.25, -0.2) is 9.78 Å². The summed E-state index contributed by atoms with van der Waals surface area (Å²) in [6, 6.07) is 10.7. The smallest absolute Gasteiger partial charge is 0.341 e. The van der Waals surface area contributed by atoms with E-state index in [1.807, 2.05) is 25.1 Å². The number of carbonyl (C=O) groups excluding carboxylic acids is 1. The lowest BCUT2D eigenvalue weighted by atomic mass is 10.0. The first-order chi connectivity index (χ1) is 11.9. The van der Waals surface area contributed by atoms with Crippen LogP contribution in [0, 0.1) is 6.92 Å². The molecule has 0 aliphatic heterocycles. The highest BCUT2D eigenvalue weighted by molar-refractivity contribution is 6.40. The number of fused-ring (bicyclic) bond motifs is 1. The highest BCUT2D eigenvalue weighted by Crippen LogP contribution is 2.38. The summed E-state index contributed by atoms with van der Waals surface area (Å²) in [5.41, 5.74) is 2.83. The Kier molecular flexibility index (Phi) is 5.19. The van der Waals surface area contributed by atoms with Crippen molar-refractivity contribution in [1.82, 2.24) is 4.98 Å². The van der Waals surface area contributed by atoms with Crippen molar-refractivity contribution in [2.75, 3.05) is 6.61 Å². The average molecular weight is 395 g/mol. The first kappa shape index (κ1) is 18.0. The fraction of sp³-hybridized carbons (Fsp3) is 0.158. The fourth-order valence-corrected chi connectivity index (χ4v) is 3.42. The van der Waals surface area contributed by atoms with E-state index in [1.165, 1.54) is 0 Å². The Morgan fingerprint density at radius 3 is 2.56 bits per heavy atom. The standard InChI is InChI=1S/C19H14Cl3NO2/c1-3-25-19(24)16-17(22)13-8-10(2)4-7-15(13)23-18(16)12-6-5-11(20)9-14(12)21/h4-9H,3H2,1-2H3. The van der Waals surface area contributed by atoms with E-state index in [1.54, 1.807) is 25.1 Å². The SMILES string of the molecule is CCOC(=O)c1c(-c2ccc(Cl)cc2Cl)nc2ccc(C)cc2c1Cl. The second kappa shape index (κ2) is 7.20. The van der Waals surface area contributed by atoms with Gasteiger partial charge in [0, 0.05) is 16.0 Å².